The van der Waals surface area contributed by atoms with Crippen LogP contribution >= 0.6 is 11.8 Å². The number of hydrogen-bond donors (Lipinski definition) is 1. The lowest BCUT2D eigenvalue weighted by atomic mass is 10.1. The van der Waals surface area contributed by atoms with E-state index < -0.39 is 0 Å². The van der Waals surface area contributed by atoms with Crippen molar-refractivity contribution in [1.82, 2.24) is 10.3 Å². The van der Waals surface area contributed by atoms with Crippen molar-refractivity contribution < 1.29 is 4.92 Å². The molecule has 0 unspecified atom stereocenters. The van der Waals surface area contributed by atoms with E-state index in [-0.39, 0.29) is 10.6 Å². The van der Waals surface area contributed by atoms with Gasteiger partial charge in [-0.1, -0.05) is 0 Å². The molecule has 0 atom stereocenters. The van der Waals surface area contributed by atoms with Gasteiger partial charge in [-0.25, -0.2) is 0 Å². The summed E-state index contributed by atoms with van der Waals surface area (Å²) in [5.74, 6) is 1.02. The van der Waals surface area contributed by atoms with E-state index in [1.54, 1.807) is 31.8 Å². The third kappa shape index (κ3) is 3.67. The fourth-order valence-corrected chi connectivity index (χ4v) is 1.95. The Labute approximate surface area is 105 Å². The number of nitrogens with zero attached hydrogens (tertiary/aromatic N) is 2. The molecule has 1 aromatic heterocycles. The number of nitro groups is 1. The molecule has 0 aliphatic carbocycles. The molecule has 0 radical (unpaired) electrons. The second-order valence-electron chi connectivity index (χ2n) is 3.79. The van der Waals surface area contributed by atoms with Crippen molar-refractivity contribution in [3.8, 4) is 0 Å². The van der Waals surface area contributed by atoms with Gasteiger partial charge in [-0.05, 0) is 20.1 Å². The van der Waals surface area contributed by atoms with Crippen LogP contribution in [-0.2, 0) is 6.54 Å². The Bertz CT molecular complexity index is 410. The Kier molecular flexibility index (Phi) is 5.37. The zero-order valence-electron chi connectivity index (χ0n) is 10.3. The van der Waals surface area contributed by atoms with Crippen molar-refractivity contribution in [2.45, 2.75) is 20.4 Å². The van der Waals surface area contributed by atoms with E-state index in [2.05, 4.69) is 10.3 Å². The minimum Gasteiger partial charge on any atom is -0.310 e. The highest BCUT2D eigenvalue weighted by Gasteiger charge is 2.18. The lowest BCUT2D eigenvalue weighted by Gasteiger charge is -2.08. The highest BCUT2D eigenvalue weighted by atomic mass is 32.2. The van der Waals surface area contributed by atoms with Gasteiger partial charge < -0.3 is 5.32 Å². The van der Waals surface area contributed by atoms with Crippen molar-refractivity contribution in [2.75, 3.05) is 18.6 Å². The number of aryl methyl sites for hydroxylation is 1. The van der Waals surface area contributed by atoms with Crippen LogP contribution in [0, 0.1) is 24.0 Å². The standard InChI is InChI=1S/C11H17N3O2S/c1-8-6-13-10(7-12-4-5-17-3)9(2)11(8)14(15)16/h6,12H,4-5,7H2,1-3H3. The van der Waals surface area contributed by atoms with E-state index in [9.17, 15) is 10.1 Å². The van der Waals surface area contributed by atoms with Gasteiger partial charge in [-0.3, -0.25) is 15.1 Å². The van der Waals surface area contributed by atoms with Crippen molar-refractivity contribution in [3.63, 3.8) is 0 Å². The number of rotatable bonds is 6. The quantitative estimate of drug-likeness (QED) is 0.479. The largest absolute Gasteiger partial charge is 0.310 e. The van der Waals surface area contributed by atoms with E-state index in [0.29, 0.717) is 17.7 Å². The van der Waals surface area contributed by atoms with Crippen LogP contribution in [0.25, 0.3) is 0 Å². The molecule has 94 valence electrons. The second kappa shape index (κ2) is 6.56. The summed E-state index contributed by atoms with van der Waals surface area (Å²) >= 11 is 1.76. The summed E-state index contributed by atoms with van der Waals surface area (Å²) in [6.07, 6.45) is 3.61. The Hall–Kier alpha value is -1.14. The fraction of sp³-hybridized carbons (Fsp3) is 0.545. The van der Waals surface area contributed by atoms with Gasteiger partial charge in [-0.2, -0.15) is 11.8 Å². The molecule has 0 fully saturated rings. The molecule has 0 saturated carbocycles. The first-order chi connectivity index (χ1) is 8.07. The summed E-state index contributed by atoms with van der Waals surface area (Å²) < 4.78 is 0. The lowest BCUT2D eigenvalue weighted by Crippen LogP contribution is -2.18. The maximum Gasteiger partial charge on any atom is 0.278 e. The first-order valence-corrected chi connectivity index (χ1v) is 6.76. The topological polar surface area (TPSA) is 68.1 Å². The molecule has 5 nitrogen and oxygen atoms in total. The Morgan fingerprint density at radius 1 is 1.53 bits per heavy atom. The molecular weight excluding hydrogens is 238 g/mol. The Balaban J connectivity index is 2.80. The average molecular weight is 255 g/mol. The maximum atomic E-state index is 10.9. The SMILES string of the molecule is CSCCNCc1ncc(C)c([N+](=O)[O-])c1C. The summed E-state index contributed by atoms with van der Waals surface area (Å²) in [7, 11) is 0. The molecule has 0 bridgehead atoms. The number of nitrogens with one attached hydrogen (secondary N) is 1. The third-order valence-electron chi connectivity index (χ3n) is 2.53. The second-order valence-corrected chi connectivity index (χ2v) is 4.77. The predicted octanol–water partition coefficient (Wildman–Crippen LogP) is 2.06. The van der Waals surface area contributed by atoms with Gasteiger partial charge in [0.2, 0.25) is 0 Å². The first-order valence-electron chi connectivity index (χ1n) is 5.37. The molecule has 1 rings (SSSR count). The van der Waals surface area contributed by atoms with Crippen LogP contribution in [0.3, 0.4) is 0 Å². The van der Waals surface area contributed by atoms with Crippen LogP contribution < -0.4 is 5.32 Å². The Morgan fingerprint density at radius 3 is 2.82 bits per heavy atom. The summed E-state index contributed by atoms with van der Waals surface area (Å²) in [4.78, 5) is 14.8. The van der Waals surface area contributed by atoms with E-state index in [0.717, 1.165) is 18.0 Å². The zero-order chi connectivity index (χ0) is 12.8. The molecule has 0 spiro atoms. The molecule has 0 amide bonds. The van der Waals surface area contributed by atoms with Crippen LogP contribution in [0.5, 0.6) is 0 Å². The Morgan fingerprint density at radius 2 is 2.24 bits per heavy atom. The van der Waals surface area contributed by atoms with Gasteiger partial charge in [0.25, 0.3) is 5.69 Å². The van der Waals surface area contributed by atoms with Gasteiger partial charge in [-0.15, -0.1) is 0 Å². The van der Waals surface area contributed by atoms with Gasteiger partial charge >= 0.3 is 0 Å². The smallest absolute Gasteiger partial charge is 0.278 e. The number of pyridine rings is 1. The van der Waals surface area contributed by atoms with Gasteiger partial charge in [0.1, 0.15) is 0 Å². The number of aromatic nitrogens is 1. The van der Waals surface area contributed by atoms with Crippen molar-refractivity contribution in [1.29, 1.82) is 0 Å². The van der Waals surface area contributed by atoms with E-state index in [1.165, 1.54) is 0 Å². The molecule has 1 aromatic rings. The van der Waals surface area contributed by atoms with E-state index in [4.69, 9.17) is 0 Å². The molecule has 1 N–H and O–H groups in total. The number of thioether (sulfide) groups is 1. The van der Waals surface area contributed by atoms with E-state index >= 15 is 0 Å². The number of hydrogen-bond acceptors (Lipinski definition) is 5. The molecule has 0 aliphatic heterocycles. The molecule has 17 heavy (non-hydrogen) atoms. The third-order valence-corrected chi connectivity index (χ3v) is 3.15. The van der Waals surface area contributed by atoms with Crippen LogP contribution in [-0.4, -0.2) is 28.5 Å². The van der Waals surface area contributed by atoms with Crippen molar-refractivity contribution >= 4 is 17.4 Å². The highest BCUT2D eigenvalue weighted by Crippen LogP contribution is 2.23. The van der Waals surface area contributed by atoms with Crippen molar-refractivity contribution in [3.05, 3.63) is 33.1 Å². The van der Waals surface area contributed by atoms with E-state index in [1.807, 2.05) is 6.26 Å². The summed E-state index contributed by atoms with van der Waals surface area (Å²) in [5.41, 5.74) is 2.21. The maximum absolute atomic E-state index is 10.9. The normalized spacial score (nSPS) is 10.5. The first kappa shape index (κ1) is 13.9. The summed E-state index contributed by atoms with van der Waals surface area (Å²) in [6, 6.07) is 0. The van der Waals surface area contributed by atoms with Crippen LogP contribution in [0.4, 0.5) is 5.69 Å². The lowest BCUT2D eigenvalue weighted by molar-refractivity contribution is -0.386. The van der Waals surface area contributed by atoms with Crippen LogP contribution in [0.2, 0.25) is 0 Å². The minimum atomic E-state index is -0.336. The predicted molar refractivity (Wildman–Crippen MR) is 70.5 cm³/mol. The molecule has 0 aliphatic rings. The van der Waals surface area contributed by atoms with Crippen LogP contribution in [0.1, 0.15) is 16.8 Å². The highest BCUT2D eigenvalue weighted by molar-refractivity contribution is 7.98. The molecular formula is C11H17N3O2S. The van der Waals surface area contributed by atoms with Gasteiger partial charge in [0.15, 0.2) is 0 Å². The summed E-state index contributed by atoms with van der Waals surface area (Å²) in [5, 5.41) is 14.1. The fourth-order valence-electron chi connectivity index (χ4n) is 1.61. The monoisotopic (exact) mass is 255 g/mol. The van der Waals surface area contributed by atoms with Crippen LogP contribution in [0.15, 0.2) is 6.20 Å². The molecule has 6 heteroatoms. The molecule has 0 aromatic carbocycles. The minimum absolute atomic E-state index is 0.182. The van der Waals surface area contributed by atoms with Gasteiger partial charge in [0, 0.05) is 36.2 Å². The zero-order valence-corrected chi connectivity index (χ0v) is 11.1. The summed E-state index contributed by atoms with van der Waals surface area (Å²) in [6.45, 7) is 4.92. The molecule has 1 heterocycles. The average Bonchev–Trinajstić information content (AvgIpc) is 2.26. The van der Waals surface area contributed by atoms with Gasteiger partial charge in [0.05, 0.1) is 10.6 Å². The van der Waals surface area contributed by atoms with Crippen molar-refractivity contribution in [2.24, 2.45) is 0 Å². The molecule has 0 saturated heterocycles.